The molecule has 15 heavy (non-hydrogen) atoms. The zero-order valence-electron chi connectivity index (χ0n) is 7.83. The molecule has 1 aliphatic rings. The van der Waals surface area contributed by atoms with Crippen molar-refractivity contribution in [1.82, 2.24) is 0 Å². The van der Waals surface area contributed by atoms with Crippen LogP contribution in [0.1, 0.15) is 17.5 Å². The molecule has 0 radical (unpaired) electrons. The second kappa shape index (κ2) is 3.30. The fourth-order valence-electron chi connectivity index (χ4n) is 1.96. The van der Waals surface area contributed by atoms with Gasteiger partial charge in [-0.3, -0.25) is 0 Å². The highest BCUT2D eigenvalue weighted by Crippen LogP contribution is 2.39. The third kappa shape index (κ3) is 1.34. The van der Waals surface area contributed by atoms with Crippen LogP contribution in [-0.4, -0.2) is 6.08 Å². The molecule has 3 nitrogen and oxygen atoms in total. The summed E-state index contributed by atoms with van der Waals surface area (Å²) in [5.74, 6) is -0.336. The lowest BCUT2D eigenvalue weighted by Crippen LogP contribution is -2.16. The average molecular weight is 202 g/mol. The number of rotatable bonds is 1. The molecule has 0 saturated heterocycles. The lowest BCUT2D eigenvalue weighted by molar-refractivity contribution is 0.532. The number of carbonyl (C=O) groups excluding carboxylic acids is 1. The third-order valence-corrected chi connectivity index (χ3v) is 2.69. The Labute approximate surface area is 85.9 Å². The van der Waals surface area contributed by atoms with Gasteiger partial charge in [-0.25, -0.2) is 9.18 Å². The number of aryl methyl sites for hydroxylation is 1. The molecule has 1 aromatic rings. The van der Waals surface area contributed by atoms with Gasteiger partial charge in [-0.2, -0.15) is 10.3 Å². The van der Waals surface area contributed by atoms with Gasteiger partial charge in [0.05, 0.1) is 6.07 Å². The van der Waals surface area contributed by atoms with Crippen molar-refractivity contribution in [3.8, 4) is 6.07 Å². The molecule has 1 aliphatic carbocycles. The monoisotopic (exact) mass is 202 g/mol. The van der Waals surface area contributed by atoms with Crippen LogP contribution >= 0.6 is 0 Å². The molecule has 0 heterocycles. The lowest BCUT2D eigenvalue weighted by Gasteiger charge is -2.13. The minimum Gasteiger partial charge on any atom is -0.211 e. The molecule has 1 atom stereocenters. The summed E-state index contributed by atoms with van der Waals surface area (Å²) in [6.45, 7) is 0. The maximum Gasteiger partial charge on any atom is 0.236 e. The van der Waals surface area contributed by atoms with E-state index in [-0.39, 0.29) is 5.82 Å². The summed E-state index contributed by atoms with van der Waals surface area (Å²) in [6, 6.07) is 6.18. The van der Waals surface area contributed by atoms with Gasteiger partial charge >= 0.3 is 0 Å². The number of aliphatic imine (C=N–C) groups is 1. The molecule has 2 rings (SSSR count). The predicted octanol–water partition coefficient (Wildman–Crippen LogP) is 1.83. The van der Waals surface area contributed by atoms with Gasteiger partial charge in [0.15, 0.2) is 5.54 Å². The summed E-state index contributed by atoms with van der Waals surface area (Å²) in [5, 5.41) is 9.05. The first-order chi connectivity index (χ1) is 7.22. The standard InChI is InChI=1S/C11H7FN2O/c12-9-1-2-10-8(5-9)3-4-11(10,6-13)14-7-15/h1-2,5H,3-4H2. The van der Waals surface area contributed by atoms with Crippen molar-refractivity contribution in [2.24, 2.45) is 4.99 Å². The molecule has 0 aromatic heterocycles. The summed E-state index contributed by atoms with van der Waals surface area (Å²) in [6.07, 6.45) is 2.39. The Kier molecular flexibility index (Phi) is 2.11. The van der Waals surface area contributed by atoms with Crippen LogP contribution in [0.4, 0.5) is 4.39 Å². The van der Waals surface area contributed by atoms with Gasteiger partial charge in [-0.15, -0.1) is 0 Å². The van der Waals surface area contributed by atoms with Crippen LogP contribution in [-0.2, 0) is 16.8 Å². The van der Waals surface area contributed by atoms with Gasteiger partial charge in [0.25, 0.3) is 0 Å². The molecule has 0 bridgehead atoms. The van der Waals surface area contributed by atoms with Crippen molar-refractivity contribution in [2.75, 3.05) is 0 Å². The normalized spacial score (nSPS) is 22.7. The van der Waals surface area contributed by atoms with E-state index in [9.17, 15) is 9.18 Å². The molecule has 0 spiro atoms. The molecule has 1 aromatic carbocycles. The number of isocyanates is 1. The summed E-state index contributed by atoms with van der Waals surface area (Å²) in [4.78, 5) is 13.8. The van der Waals surface area contributed by atoms with Crippen LogP contribution in [0.5, 0.6) is 0 Å². The Balaban J connectivity index is 2.62. The Bertz CT molecular complexity index is 500. The third-order valence-electron chi connectivity index (χ3n) is 2.69. The van der Waals surface area contributed by atoms with Crippen LogP contribution in [0.15, 0.2) is 23.2 Å². The fraction of sp³-hybridized carbons (Fsp3) is 0.273. The van der Waals surface area contributed by atoms with Crippen LogP contribution in [0, 0.1) is 17.1 Å². The second-order valence-electron chi connectivity index (χ2n) is 3.48. The molecule has 0 amide bonds. The number of halogens is 1. The first kappa shape index (κ1) is 9.57. The summed E-state index contributed by atoms with van der Waals surface area (Å²) < 4.78 is 12.9. The van der Waals surface area contributed by atoms with E-state index in [2.05, 4.69) is 4.99 Å². The Morgan fingerprint density at radius 1 is 1.53 bits per heavy atom. The highest BCUT2D eigenvalue weighted by atomic mass is 19.1. The van der Waals surface area contributed by atoms with Crippen molar-refractivity contribution in [3.63, 3.8) is 0 Å². The summed E-state index contributed by atoms with van der Waals surface area (Å²) >= 11 is 0. The smallest absolute Gasteiger partial charge is 0.211 e. The topological polar surface area (TPSA) is 53.2 Å². The Morgan fingerprint density at radius 2 is 2.33 bits per heavy atom. The zero-order chi connectivity index (χ0) is 10.9. The molecule has 1 unspecified atom stereocenters. The first-order valence-corrected chi connectivity index (χ1v) is 4.51. The molecule has 4 heteroatoms. The van der Waals surface area contributed by atoms with E-state index in [0.717, 1.165) is 5.56 Å². The summed E-state index contributed by atoms with van der Waals surface area (Å²) in [5.41, 5.74) is 0.218. The number of fused-ring (bicyclic) bond motifs is 1. The average Bonchev–Trinajstić information content (AvgIpc) is 2.58. The number of benzene rings is 1. The maximum absolute atomic E-state index is 12.9. The molecular formula is C11H7FN2O. The highest BCUT2D eigenvalue weighted by molar-refractivity contribution is 5.48. The van der Waals surface area contributed by atoms with Gasteiger partial charge in [0.2, 0.25) is 6.08 Å². The number of hydrogen-bond donors (Lipinski definition) is 0. The van der Waals surface area contributed by atoms with E-state index in [4.69, 9.17) is 5.26 Å². The van der Waals surface area contributed by atoms with Crippen molar-refractivity contribution in [1.29, 1.82) is 5.26 Å². The molecular weight excluding hydrogens is 195 g/mol. The quantitative estimate of drug-likeness (QED) is 0.515. The summed E-state index contributed by atoms with van der Waals surface area (Å²) in [7, 11) is 0. The molecule has 74 valence electrons. The first-order valence-electron chi connectivity index (χ1n) is 4.51. The van der Waals surface area contributed by atoms with Crippen LogP contribution in [0.25, 0.3) is 0 Å². The van der Waals surface area contributed by atoms with Gasteiger partial charge in [0, 0.05) is 0 Å². The van der Waals surface area contributed by atoms with Crippen molar-refractivity contribution in [3.05, 3.63) is 35.1 Å². The second-order valence-corrected chi connectivity index (χ2v) is 3.48. The van der Waals surface area contributed by atoms with Crippen molar-refractivity contribution < 1.29 is 9.18 Å². The number of hydrogen-bond acceptors (Lipinski definition) is 3. The van der Waals surface area contributed by atoms with E-state index in [0.29, 0.717) is 18.4 Å². The fourth-order valence-corrected chi connectivity index (χ4v) is 1.96. The zero-order valence-corrected chi connectivity index (χ0v) is 7.83. The van der Waals surface area contributed by atoms with Gasteiger partial charge < -0.3 is 0 Å². The van der Waals surface area contributed by atoms with Crippen molar-refractivity contribution >= 4 is 6.08 Å². The van der Waals surface area contributed by atoms with E-state index in [1.54, 1.807) is 0 Å². The molecule has 0 saturated carbocycles. The minimum absolute atomic E-state index is 0.336. The van der Waals surface area contributed by atoms with Crippen LogP contribution < -0.4 is 0 Å². The molecule has 0 fully saturated rings. The van der Waals surface area contributed by atoms with Crippen molar-refractivity contribution in [2.45, 2.75) is 18.4 Å². The molecule has 0 aliphatic heterocycles. The van der Waals surface area contributed by atoms with Crippen LogP contribution in [0.3, 0.4) is 0 Å². The Morgan fingerprint density at radius 3 is 3.00 bits per heavy atom. The van der Waals surface area contributed by atoms with Gasteiger partial charge in [0.1, 0.15) is 5.82 Å². The van der Waals surface area contributed by atoms with E-state index in [1.807, 2.05) is 6.07 Å². The lowest BCUT2D eigenvalue weighted by atomic mass is 9.94. The molecule has 0 N–H and O–H groups in total. The highest BCUT2D eigenvalue weighted by Gasteiger charge is 2.39. The van der Waals surface area contributed by atoms with Gasteiger partial charge in [-0.1, -0.05) is 6.07 Å². The van der Waals surface area contributed by atoms with E-state index >= 15 is 0 Å². The van der Waals surface area contributed by atoms with Gasteiger partial charge in [-0.05, 0) is 36.1 Å². The number of nitrogens with zero attached hydrogens (tertiary/aromatic N) is 2. The van der Waals surface area contributed by atoms with Crippen LogP contribution in [0.2, 0.25) is 0 Å². The van der Waals surface area contributed by atoms with E-state index in [1.165, 1.54) is 24.3 Å². The maximum atomic E-state index is 12.9. The van der Waals surface area contributed by atoms with E-state index < -0.39 is 5.54 Å². The SMILES string of the molecule is N#CC1(N=C=O)CCc2cc(F)ccc21. The largest absolute Gasteiger partial charge is 0.236 e. The number of nitriles is 1. The predicted molar refractivity (Wildman–Crippen MR) is 50.1 cm³/mol. The minimum atomic E-state index is -1.15. The Hall–Kier alpha value is -1.98.